The van der Waals surface area contributed by atoms with E-state index in [4.69, 9.17) is 10.5 Å². The molecule has 0 radical (unpaired) electrons. The number of anilines is 2. The Balaban J connectivity index is 0.000000294. The normalized spacial score (nSPS) is 13.7. The maximum Gasteiger partial charge on any atom is 0.258 e. The molecule has 1 amide bonds. The third-order valence-corrected chi connectivity index (χ3v) is 5.57. The number of hydrogen-bond acceptors (Lipinski definition) is 6. The Labute approximate surface area is 172 Å². The number of carbonyl (C=O) groups excluding carboxylic acids is 1. The second-order valence-electron chi connectivity index (χ2n) is 6.78. The third kappa shape index (κ3) is 4.70. The van der Waals surface area contributed by atoms with Gasteiger partial charge in [-0.15, -0.1) is 11.3 Å². The maximum atomic E-state index is 12.5. The molecule has 29 heavy (non-hydrogen) atoms. The molecule has 148 valence electrons. The number of benzene rings is 2. The van der Waals surface area contributed by atoms with Crippen LogP contribution in [0.2, 0.25) is 0 Å². The van der Waals surface area contributed by atoms with E-state index in [1.807, 2.05) is 42.5 Å². The van der Waals surface area contributed by atoms with Gasteiger partial charge < -0.3 is 15.8 Å². The number of nitrogen functional groups attached to an aromatic ring is 1. The predicted octanol–water partition coefficient (Wildman–Crippen LogP) is 4.87. The van der Waals surface area contributed by atoms with Crippen LogP contribution >= 0.6 is 11.3 Å². The number of carbonyl (C=O) groups is 1. The van der Waals surface area contributed by atoms with Gasteiger partial charge in [0.1, 0.15) is 0 Å². The van der Waals surface area contributed by atoms with E-state index in [2.05, 4.69) is 15.3 Å². The van der Waals surface area contributed by atoms with Crippen LogP contribution in [0.25, 0.3) is 21.0 Å². The van der Waals surface area contributed by atoms with E-state index in [-0.39, 0.29) is 11.9 Å². The molecule has 3 heterocycles. The number of nitrogens with two attached hydrogens (primary N) is 1. The van der Waals surface area contributed by atoms with Gasteiger partial charge >= 0.3 is 0 Å². The van der Waals surface area contributed by atoms with Crippen molar-refractivity contribution in [1.82, 2.24) is 9.97 Å². The summed E-state index contributed by atoms with van der Waals surface area (Å²) in [6.07, 6.45) is 5.56. The molecule has 0 atom stereocenters. The van der Waals surface area contributed by atoms with Crippen molar-refractivity contribution in [1.29, 1.82) is 0 Å². The lowest BCUT2D eigenvalue weighted by molar-refractivity contribution is 0.0968. The minimum atomic E-state index is -0.204. The molecular formula is C22H22N4O2S. The number of rotatable bonds is 2. The van der Waals surface area contributed by atoms with Crippen molar-refractivity contribution < 1.29 is 9.53 Å². The zero-order valence-corrected chi connectivity index (χ0v) is 16.7. The lowest BCUT2D eigenvalue weighted by atomic mass is 10.1. The first-order valence-electron chi connectivity index (χ1n) is 9.58. The number of hydrogen-bond donors (Lipinski definition) is 2. The van der Waals surface area contributed by atoms with Crippen LogP contribution in [0, 0.1) is 0 Å². The van der Waals surface area contributed by atoms with Gasteiger partial charge in [0.05, 0.1) is 22.0 Å². The number of amides is 1. The molecule has 0 unspecified atom stereocenters. The zero-order valence-electron chi connectivity index (χ0n) is 15.9. The Hall–Kier alpha value is -3.03. The topological polar surface area (TPSA) is 90.1 Å². The molecule has 1 saturated heterocycles. The molecule has 5 rings (SSSR count). The van der Waals surface area contributed by atoms with E-state index in [9.17, 15) is 4.79 Å². The standard InChI is InChI=1S/C17H12N4OS.C5H10O/c18-17-19-8-14-15(21-17)13(9-23-14)16(22)20-12-6-5-10-3-1-2-4-11(10)7-12;1-2-4-6-5-3-1/h1-9H,(H,20,22)(H2,18,19,21);1-5H2. The second-order valence-corrected chi connectivity index (χ2v) is 7.69. The summed E-state index contributed by atoms with van der Waals surface area (Å²) in [4.78, 5) is 20.6. The fourth-order valence-corrected chi connectivity index (χ4v) is 4.00. The highest BCUT2D eigenvalue weighted by Crippen LogP contribution is 2.25. The molecule has 0 saturated carbocycles. The number of aromatic nitrogens is 2. The number of thiophene rings is 1. The van der Waals surface area contributed by atoms with Crippen molar-refractivity contribution in [2.45, 2.75) is 19.3 Å². The summed E-state index contributed by atoms with van der Waals surface area (Å²) in [6.45, 7) is 2.00. The van der Waals surface area contributed by atoms with Gasteiger partial charge in [-0.05, 0) is 42.2 Å². The van der Waals surface area contributed by atoms with E-state index >= 15 is 0 Å². The predicted molar refractivity (Wildman–Crippen MR) is 118 cm³/mol. The van der Waals surface area contributed by atoms with E-state index in [1.54, 1.807) is 11.6 Å². The smallest absolute Gasteiger partial charge is 0.258 e. The minimum absolute atomic E-state index is 0.163. The van der Waals surface area contributed by atoms with Crippen LogP contribution in [-0.4, -0.2) is 29.1 Å². The van der Waals surface area contributed by atoms with Gasteiger partial charge in [-0.1, -0.05) is 30.3 Å². The Morgan fingerprint density at radius 2 is 1.86 bits per heavy atom. The molecule has 0 spiro atoms. The average Bonchev–Trinajstić information content (AvgIpc) is 3.18. The van der Waals surface area contributed by atoms with Crippen LogP contribution in [0.4, 0.5) is 11.6 Å². The molecule has 7 heteroatoms. The van der Waals surface area contributed by atoms with Crippen molar-refractivity contribution >= 4 is 49.9 Å². The lowest BCUT2D eigenvalue weighted by Crippen LogP contribution is -2.11. The van der Waals surface area contributed by atoms with Gasteiger partial charge in [0.25, 0.3) is 5.91 Å². The maximum absolute atomic E-state index is 12.5. The van der Waals surface area contributed by atoms with Gasteiger partial charge in [0, 0.05) is 24.3 Å². The van der Waals surface area contributed by atoms with Gasteiger partial charge in [-0.3, -0.25) is 4.79 Å². The van der Waals surface area contributed by atoms with Crippen LogP contribution < -0.4 is 11.1 Å². The summed E-state index contributed by atoms with van der Waals surface area (Å²) in [5.74, 6) is -0.0414. The summed E-state index contributed by atoms with van der Waals surface area (Å²) in [7, 11) is 0. The number of ether oxygens (including phenoxy) is 1. The van der Waals surface area contributed by atoms with E-state index in [1.165, 1.54) is 30.6 Å². The first-order chi connectivity index (χ1) is 14.2. The van der Waals surface area contributed by atoms with Crippen molar-refractivity contribution in [3.05, 3.63) is 59.6 Å². The number of nitrogens with one attached hydrogen (secondary N) is 1. The summed E-state index contributed by atoms with van der Waals surface area (Å²) in [5, 5.41) is 6.90. The Kier molecular flexibility index (Phi) is 5.97. The monoisotopic (exact) mass is 406 g/mol. The van der Waals surface area contributed by atoms with Gasteiger partial charge in [-0.25, -0.2) is 9.97 Å². The Morgan fingerprint density at radius 3 is 2.59 bits per heavy atom. The van der Waals surface area contributed by atoms with Gasteiger partial charge in [0.15, 0.2) is 0 Å². The van der Waals surface area contributed by atoms with E-state index < -0.39 is 0 Å². The SMILES string of the molecule is C1CCOCC1.Nc1ncc2scc(C(=O)Nc3ccc4ccccc4c3)c2n1. The highest BCUT2D eigenvalue weighted by molar-refractivity contribution is 7.17. The largest absolute Gasteiger partial charge is 0.381 e. The first-order valence-corrected chi connectivity index (χ1v) is 10.5. The van der Waals surface area contributed by atoms with Crippen LogP contribution in [0.1, 0.15) is 29.6 Å². The molecule has 1 aliphatic rings. The van der Waals surface area contributed by atoms with E-state index in [0.717, 1.165) is 34.4 Å². The first kappa shape index (κ1) is 19.3. The fraction of sp³-hybridized carbons (Fsp3) is 0.227. The zero-order chi connectivity index (χ0) is 20.1. The summed E-state index contributed by atoms with van der Waals surface area (Å²) in [6, 6.07) is 13.8. The lowest BCUT2D eigenvalue weighted by Gasteiger charge is -2.08. The molecule has 1 aliphatic heterocycles. The summed E-state index contributed by atoms with van der Waals surface area (Å²) in [5.41, 5.74) is 7.45. The van der Waals surface area contributed by atoms with Crippen molar-refractivity contribution in [3.63, 3.8) is 0 Å². The Bertz CT molecular complexity index is 1130. The second kappa shape index (κ2) is 8.98. The number of nitrogens with zero attached hydrogens (tertiary/aromatic N) is 2. The molecule has 0 aliphatic carbocycles. The van der Waals surface area contributed by atoms with Crippen molar-refractivity contribution in [2.24, 2.45) is 0 Å². The third-order valence-electron chi connectivity index (χ3n) is 4.66. The quantitative estimate of drug-likeness (QED) is 0.496. The van der Waals surface area contributed by atoms with Crippen molar-refractivity contribution in [3.8, 4) is 0 Å². The molecule has 1 fully saturated rings. The highest BCUT2D eigenvalue weighted by Gasteiger charge is 2.14. The summed E-state index contributed by atoms with van der Waals surface area (Å²) < 4.78 is 5.91. The van der Waals surface area contributed by atoms with Crippen LogP contribution in [0.5, 0.6) is 0 Å². The van der Waals surface area contributed by atoms with Crippen LogP contribution in [0.15, 0.2) is 54.0 Å². The van der Waals surface area contributed by atoms with Crippen LogP contribution in [-0.2, 0) is 4.74 Å². The highest BCUT2D eigenvalue weighted by atomic mass is 32.1. The molecular weight excluding hydrogens is 384 g/mol. The Morgan fingerprint density at radius 1 is 1.07 bits per heavy atom. The molecule has 2 aromatic carbocycles. The molecule has 2 aromatic heterocycles. The molecule has 0 bridgehead atoms. The van der Waals surface area contributed by atoms with Crippen LogP contribution in [0.3, 0.4) is 0 Å². The van der Waals surface area contributed by atoms with Gasteiger partial charge in [-0.2, -0.15) is 0 Å². The minimum Gasteiger partial charge on any atom is -0.381 e. The summed E-state index contributed by atoms with van der Waals surface area (Å²) >= 11 is 1.42. The number of fused-ring (bicyclic) bond motifs is 2. The fourth-order valence-electron chi connectivity index (χ4n) is 3.16. The molecule has 6 nitrogen and oxygen atoms in total. The average molecular weight is 407 g/mol. The molecule has 3 N–H and O–H groups in total. The van der Waals surface area contributed by atoms with Crippen molar-refractivity contribution in [2.75, 3.05) is 24.3 Å². The van der Waals surface area contributed by atoms with E-state index in [0.29, 0.717) is 11.1 Å². The molecule has 4 aromatic rings. The van der Waals surface area contributed by atoms with Gasteiger partial charge in [0.2, 0.25) is 5.95 Å².